The van der Waals surface area contributed by atoms with Gasteiger partial charge in [0, 0.05) is 36.0 Å². The molecule has 1 aromatic heterocycles. The lowest BCUT2D eigenvalue weighted by atomic mass is 9.95. The number of halogens is 4. The molecule has 3 aromatic rings. The Kier molecular flexibility index (Phi) is 7.82. The van der Waals surface area contributed by atoms with E-state index in [9.17, 15) is 35.3 Å². The Morgan fingerprint density at radius 2 is 1.78 bits per heavy atom. The van der Waals surface area contributed by atoms with Crippen molar-refractivity contribution >= 4 is 37.8 Å². The van der Waals surface area contributed by atoms with Crippen molar-refractivity contribution in [1.29, 1.82) is 0 Å². The summed E-state index contributed by atoms with van der Waals surface area (Å²) < 4.78 is 94.4. The Labute approximate surface area is 218 Å². The van der Waals surface area contributed by atoms with Crippen molar-refractivity contribution in [3.8, 4) is 0 Å². The largest absolute Gasteiger partial charge is 0.421 e. The van der Waals surface area contributed by atoms with Crippen molar-refractivity contribution in [2.45, 2.75) is 33.8 Å². The fraction of sp³-hybridized carbons (Fsp3) is 0.333. The maximum atomic E-state index is 13.7. The molecule has 0 radical (unpaired) electrons. The van der Waals surface area contributed by atoms with Crippen LogP contribution in [0.25, 0.3) is 0 Å². The van der Waals surface area contributed by atoms with Crippen molar-refractivity contribution in [2.24, 2.45) is 0 Å². The third-order valence-corrected chi connectivity index (χ3v) is 11.0. The third kappa shape index (κ3) is 5.75. The Morgan fingerprint density at radius 1 is 1.08 bits per heavy atom. The van der Waals surface area contributed by atoms with Gasteiger partial charge >= 0.3 is 6.18 Å². The highest BCUT2D eigenvalue weighted by Crippen LogP contribution is 2.39. The lowest BCUT2D eigenvalue weighted by Crippen LogP contribution is -2.56. The summed E-state index contributed by atoms with van der Waals surface area (Å²) in [6, 6.07) is 13.0. The van der Waals surface area contributed by atoms with Gasteiger partial charge < -0.3 is 10.0 Å². The summed E-state index contributed by atoms with van der Waals surface area (Å²) in [4.78, 5) is 2.03. The van der Waals surface area contributed by atoms with E-state index in [-0.39, 0.29) is 40.1 Å². The summed E-state index contributed by atoms with van der Waals surface area (Å²) in [6.07, 6.45) is -4.87. The van der Waals surface area contributed by atoms with Crippen LogP contribution in [0.1, 0.15) is 12.5 Å². The Balaban J connectivity index is 1.64. The van der Waals surface area contributed by atoms with Crippen LogP contribution in [-0.2, 0) is 26.4 Å². The molecule has 1 saturated heterocycles. The molecule has 6 nitrogen and oxygen atoms in total. The highest BCUT2D eigenvalue weighted by atomic mass is 32.2. The molecule has 2 heterocycles. The highest BCUT2D eigenvalue weighted by Gasteiger charge is 2.51. The Hall–Kier alpha value is -2.32. The van der Waals surface area contributed by atoms with Crippen LogP contribution in [0.3, 0.4) is 0 Å². The summed E-state index contributed by atoms with van der Waals surface area (Å²) in [5.41, 5.74) is -2.91. The molecule has 4 rings (SSSR count). The summed E-state index contributed by atoms with van der Waals surface area (Å²) in [5.74, 6) is -0.595. The van der Waals surface area contributed by atoms with Crippen LogP contribution in [0.4, 0.5) is 23.2 Å². The molecule has 13 heteroatoms. The first-order valence-electron chi connectivity index (χ1n) is 11.1. The summed E-state index contributed by atoms with van der Waals surface area (Å²) in [7, 11) is -5.48. The zero-order valence-corrected chi connectivity index (χ0v) is 22.0. The number of sulfonamides is 1. The molecule has 200 valence electrons. The molecule has 0 bridgehead atoms. The number of anilines is 1. The van der Waals surface area contributed by atoms with E-state index in [4.69, 9.17) is 0 Å². The van der Waals surface area contributed by atoms with Crippen LogP contribution in [-0.4, -0.2) is 59.6 Å². The van der Waals surface area contributed by atoms with E-state index in [0.717, 1.165) is 29.5 Å². The van der Waals surface area contributed by atoms with Gasteiger partial charge in [0.25, 0.3) is 10.0 Å². The molecule has 37 heavy (non-hydrogen) atoms. The second kappa shape index (κ2) is 10.4. The summed E-state index contributed by atoms with van der Waals surface area (Å²) in [5, 5.41) is 11.6. The topological polar surface area (TPSA) is 77.9 Å². The predicted octanol–water partition coefficient (Wildman–Crippen LogP) is 4.34. The van der Waals surface area contributed by atoms with E-state index >= 15 is 0 Å². The van der Waals surface area contributed by atoms with Crippen molar-refractivity contribution in [2.75, 3.05) is 30.3 Å². The molecule has 1 fully saturated rings. The van der Waals surface area contributed by atoms with Gasteiger partial charge in [-0.25, -0.2) is 12.8 Å². The number of hydrogen-bond donors (Lipinski definition) is 1. The summed E-state index contributed by atoms with van der Waals surface area (Å²) >= 11 is 1.08. The molecule has 0 unspecified atom stereocenters. The highest BCUT2D eigenvalue weighted by molar-refractivity contribution is 7.91. The van der Waals surface area contributed by atoms with Crippen LogP contribution in [0, 0.1) is 5.82 Å². The molecule has 0 spiro atoms. The minimum Gasteiger partial charge on any atom is -0.376 e. The van der Waals surface area contributed by atoms with Gasteiger partial charge in [-0.3, -0.25) is 4.21 Å². The molecule has 0 aliphatic carbocycles. The average molecular weight is 577 g/mol. The number of thiophene rings is 1. The van der Waals surface area contributed by atoms with Gasteiger partial charge in [0.15, 0.2) is 5.60 Å². The molecule has 0 amide bonds. The zero-order chi connectivity index (χ0) is 27.0. The first-order chi connectivity index (χ1) is 17.3. The molecule has 1 aliphatic heterocycles. The quantitative estimate of drug-likeness (QED) is 0.424. The maximum Gasteiger partial charge on any atom is 0.421 e. The van der Waals surface area contributed by atoms with E-state index in [1.54, 1.807) is 16.3 Å². The smallest absolute Gasteiger partial charge is 0.376 e. The first kappa shape index (κ1) is 27.7. The normalized spacial score (nSPS) is 19.9. The van der Waals surface area contributed by atoms with Gasteiger partial charge in [0.05, 0.1) is 16.8 Å². The van der Waals surface area contributed by atoms with E-state index in [1.165, 1.54) is 40.7 Å². The van der Waals surface area contributed by atoms with Gasteiger partial charge in [-0.05, 0) is 54.3 Å². The van der Waals surface area contributed by atoms with Crippen LogP contribution in [0.5, 0.6) is 0 Å². The molecule has 1 N–H and O–H groups in total. The first-order valence-corrected chi connectivity index (χ1v) is 14.8. The van der Waals surface area contributed by atoms with E-state index < -0.39 is 44.5 Å². The van der Waals surface area contributed by atoms with Gasteiger partial charge in [-0.1, -0.05) is 24.3 Å². The maximum absolute atomic E-state index is 13.7. The minimum atomic E-state index is -4.87. The predicted molar refractivity (Wildman–Crippen MR) is 134 cm³/mol. The van der Waals surface area contributed by atoms with E-state index in [1.807, 2.05) is 0 Å². The van der Waals surface area contributed by atoms with Gasteiger partial charge in [-0.15, -0.1) is 11.3 Å². The van der Waals surface area contributed by atoms with Crippen LogP contribution in [0.2, 0.25) is 0 Å². The molecular weight excluding hydrogens is 552 g/mol. The molecular formula is C24H24F4N2O4S3. The molecule has 0 saturated carbocycles. The number of alkyl halides is 3. The number of benzene rings is 2. The van der Waals surface area contributed by atoms with Crippen molar-refractivity contribution in [3.63, 3.8) is 0 Å². The van der Waals surface area contributed by atoms with Crippen LogP contribution in [0.15, 0.2) is 75.1 Å². The van der Waals surface area contributed by atoms with Crippen LogP contribution < -0.4 is 4.90 Å². The van der Waals surface area contributed by atoms with E-state index in [2.05, 4.69) is 0 Å². The Bertz CT molecular complexity index is 1360. The second-order valence-electron chi connectivity index (χ2n) is 8.73. The second-order valence-corrected chi connectivity index (χ2v) is 13.3. The molecule has 3 atom stereocenters. The average Bonchev–Trinajstić information content (AvgIpc) is 3.39. The number of piperazine rings is 1. The molecule has 1 aliphatic rings. The fourth-order valence-electron chi connectivity index (χ4n) is 4.09. The van der Waals surface area contributed by atoms with Gasteiger partial charge in [0.1, 0.15) is 10.0 Å². The zero-order valence-electron chi connectivity index (χ0n) is 19.6. The lowest BCUT2D eigenvalue weighted by Gasteiger charge is -2.42. The van der Waals surface area contributed by atoms with Crippen molar-refractivity contribution in [3.05, 3.63) is 77.4 Å². The van der Waals surface area contributed by atoms with E-state index in [0.29, 0.717) is 12.6 Å². The number of hydrogen-bond acceptors (Lipinski definition) is 6. The van der Waals surface area contributed by atoms with Crippen LogP contribution >= 0.6 is 11.3 Å². The van der Waals surface area contributed by atoms with Crippen molar-refractivity contribution < 1.29 is 35.3 Å². The van der Waals surface area contributed by atoms with Gasteiger partial charge in [-0.2, -0.15) is 17.5 Å². The monoisotopic (exact) mass is 576 g/mol. The Morgan fingerprint density at radius 3 is 2.38 bits per heavy atom. The SMILES string of the molecule is C[C@](O)(c1ccc(N2CCN(S(=O)(=O)c3cccs3)C[C@@H]2C[S@](=O)c2cccc(F)c2)cc1)C(F)(F)F. The lowest BCUT2D eigenvalue weighted by molar-refractivity contribution is -0.258. The number of nitrogens with zero attached hydrogens (tertiary/aromatic N) is 2. The number of aliphatic hydroxyl groups is 1. The third-order valence-electron chi connectivity index (χ3n) is 6.25. The standard InChI is InChI=1S/C24H24F4N2O4S3/c1-23(31,24(26,27)28)17-7-9-19(10-8-17)30-12-11-29(37(33,34)22-6-3-13-35-22)15-20(30)16-36(32)21-5-2-4-18(25)14-21/h2-10,13-14,20,31H,11-12,15-16H2,1H3/t20-,23+,36+/m1/s1. The van der Waals surface area contributed by atoms with Crippen molar-refractivity contribution in [1.82, 2.24) is 4.31 Å². The minimum absolute atomic E-state index is 0.0245. The fourth-order valence-corrected chi connectivity index (χ4v) is 8.00. The molecule has 2 aromatic carbocycles. The number of rotatable bonds is 7. The summed E-state index contributed by atoms with van der Waals surface area (Å²) in [6.45, 7) is 0.931. The van der Waals surface area contributed by atoms with Gasteiger partial charge in [0.2, 0.25) is 0 Å².